The molecule has 0 aliphatic rings. The number of nitrogens with zero attached hydrogens (tertiary/aromatic N) is 1. The molecule has 3 aromatic rings. The number of aromatic nitrogens is 1. The molecule has 2 heterocycles. The van der Waals surface area contributed by atoms with Gasteiger partial charge in [-0.15, -0.1) is 0 Å². The molecule has 0 bridgehead atoms. The molecule has 80 valence electrons. The van der Waals surface area contributed by atoms with Gasteiger partial charge in [0.2, 0.25) is 5.88 Å². The van der Waals surface area contributed by atoms with E-state index in [-0.39, 0.29) is 5.88 Å². The number of benzene rings is 1. The van der Waals surface area contributed by atoms with Gasteiger partial charge in [-0.25, -0.2) is 4.39 Å². The molecule has 0 aliphatic carbocycles. The second kappa shape index (κ2) is 3.10. The highest BCUT2D eigenvalue weighted by Crippen LogP contribution is 2.31. The van der Waals surface area contributed by atoms with Crippen molar-refractivity contribution in [3.63, 3.8) is 0 Å². The van der Waals surface area contributed by atoms with E-state index in [4.69, 9.17) is 14.7 Å². The van der Waals surface area contributed by atoms with E-state index in [1.165, 1.54) is 18.5 Å². The fourth-order valence-corrected chi connectivity index (χ4v) is 1.64. The monoisotopic (exact) mass is 218 g/mol. The van der Waals surface area contributed by atoms with Crippen molar-refractivity contribution in [2.24, 2.45) is 0 Å². The predicted molar refractivity (Wildman–Crippen MR) is 56.1 cm³/mol. The largest absolute Gasteiger partial charge is 0.464 e. The number of nitrogens with two attached hydrogens (primary N) is 1. The number of fused-ring (bicyclic) bond motifs is 1. The zero-order valence-corrected chi connectivity index (χ0v) is 8.11. The Morgan fingerprint density at radius 2 is 2.12 bits per heavy atom. The number of nitrogen functional groups attached to an aromatic ring is 1. The normalized spacial score (nSPS) is 11.1. The van der Waals surface area contributed by atoms with Gasteiger partial charge in [-0.2, -0.15) is 0 Å². The summed E-state index contributed by atoms with van der Waals surface area (Å²) in [5, 5.41) is 4.32. The van der Waals surface area contributed by atoms with Crippen LogP contribution in [0.4, 0.5) is 10.3 Å². The average Bonchev–Trinajstić information content (AvgIpc) is 2.85. The Morgan fingerprint density at radius 3 is 2.88 bits per heavy atom. The minimum absolute atomic E-state index is 0.0988. The van der Waals surface area contributed by atoms with E-state index in [0.29, 0.717) is 16.7 Å². The minimum atomic E-state index is -0.419. The molecule has 0 fully saturated rings. The van der Waals surface area contributed by atoms with Gasteiger partial charge in [0.1, 0.15) is 11.4 Å². The van der Waals surface area contributed by atoms with Crippen molar-refractivity contribution >= 4 is 16.9 Å². The van der Waals surface area contributed by atoms with Crippen LogP contribution in [0.2, 0.25) is 0 Å². The van der Waals surface area contributed by atoms with Crippen LogP contribution in [0.1, 0.15) is 0 Å². The van der Waals surface area contributed by atoms with Gasteiger partial charge in [-0.1, -0.05) is 5.16 Å². The van der Waals surface area contributed by atoms with Crippen LogP contribution >= 0.6 is 0 Å². The molecule has 0 unspecified atom stereocenters. The van der Waals surface area contributed by atoms with Crippen LogP contribution in [0, 0.1) is 5.82 Å². The maximum atomic E-state index is 13.8. The summed E-state index contributed by atoms with van der Waals surface area (Å²) < 4.78 is 23.6. The summed E-state index contributed by atoms with van der Waals surface area (Å²) >= 11 is 0. The van der Waals surface area contributed by atoms with Crippen LogP contribution < -0.4 is 5.73 Å². The van der Waals surface area contributed by atoms with Gasteiger partial charge >= 0.3 is 0 Å². The van der Waals surface area contributed by atoms with Crippen molar-refractivity contribution in [1.82, 2.24) is 5.16 Å². The van der Waals surface area contributed by atoms with E-state index < -0.39 is 5.82 Å². The molecule has 2 aromatic heterocycles. The fraction of sp³-hybridized carbons (Fsp3) is 0. The topological polar surface area (TPSA) is 65.2 Å². The Hall–Kier alpha value is -2.30. The lowest BCUT2D eigenvalue weighted by molar-refractivity contribution is 0.436. The van der Waals surface area contributed by atoms with Gasteiger partial charge in [-0.3, -0.25) is 0 Å². The molecule has 2 N–H and O–H groups in total. The van der Waals surface area contributed by atoms with Crippen LogP contribution in [0.15, 0.2) is 39.6 Å². The van der Waals surface area contributed by atoms with E-state index in [0.717, 1.165) is 5.39 Å². The van der Waals surface area contributed by atoms with E-state index in [1.54, 1.807) is 12.1 Å². The molecule has 3 rings (SSSR count). The molecule has 0 amide bonds. The smallest absolute Gasteiger partial charge is 0.230 e. The third kappa shape index (κ3) is 1.18. The van der Waals surface area contributed by atoms with Crippen molar-refractivity contribution in [2.75, 3.05) is 5.73 Å². The van der Waals surface area contributed by atoms with Gasteiger partial charge < -0.3 is 14.7 Å². The van der Waals surface area contributed by atoms with E-state index in [9.17, 15) is 4.39 Å². The van der Waals surface area contributed by atoms with Crippen molar-refractivity contribution in [3.05, 3.63) is 36.5 Å². The molecule has 0 saturated carbocycles. The number of furan rings is 1. The Kier molecular flexibility index (Phi) is 1.73. The molecular formula is C11H7FN2O2. The first-order valence-electron chi connectivity index (χ1n) is 4.63. The maximum Gasteiger partial charge on any atom is 0.230 e. The second-order valence-electron chi connectivity index (χ2n) is 3.39. The Bertz CT molecular complexity index is 657. The second-order valence-corrected chi connectivity index (χ2v) is 3.39. The molecule has 5 heteroatoms. The lowest BCUT2D eigenvalue weighted by Crippen LogP contribution is -1.88. The van der Waals surface area contributed by atoms with Crippen LogP contribution in [-0.2, 0) is 0 Å². The van der Waals surface area contributed by atoms with Crippen LogP contribution in [0.3, 0.4) is 0 Å². The zero-order valence-electron chi connectivity index (χ0n) is 8.11. The molecule has 16 heavy (non-hydrogen) atoms. The average molecular weight is 218 g/mol. The third-order valence-electron chi connectivity index (χ3n) is 2.43. The van der Waals surface area contributed by atoms with Crippen molar-refractivity contribution in [2.45, 2.75) is 0 Å². The Labute approximate surface area is 89.4 Å². The first-order valence-corrected chi connectivity index (χ1v) is 4.63. The standard InChI is InChI=1S/C11H7FN2O2/c12-9-4-10-6(1-2-15-10)3-7(9)8-5-14-16-11(8)13/h1-5H,13H2. The summed E-state index contributed by atoms with van der Waals surface area (Å²) in [7, 11) is 0. The summed E-state index contributed by atoms with van der Waals surface area (Å²) in [6, 6.07) is 4.72. The predicted octanol–water partition coefficient (Wildman–Crippen LogP) is 2.81. The molecule has 0 saturated heterocycles. The fourth-order valence-electron chi connectivity index (χ4n) is 1.64. The summed E-state index contributed by atoms with van der Waals surface area (Å²) in [4.78, 5) is 0. The number of hydrogen-bond acceptors (Lipinski definition) is 4. The highest BCUT2D eigenvalue weighted by Gasteiger charge is 2.13. The molecule has 4 nitrogen and oxygen atoms in total. The van der Waals surface area contributed by atoms with Gasteiger partial charge in [0.25, 0.3) is 0 Å². The third-order valence-corrected chi connectivity index (χ3v) is 2.43. The van der Waals surface area contributed by atoms with Crippen LogP contribution in [0.5, 0.6) is 0 Å². The molecule has 0 atom stereocenters. The highest BCUT2D eigenvalue weighted by molar-refractivity contribution is 5.85. The zero-order chi connectivity index (χ0) is 11.1. The number of halogens is 1. The van der Waals surface area contributed by atoms with Crippen LogP contribution in [-0.4, -0.2) is 5.16 Å². The van der Waals surface area contributed by atoms with Gasteiger partial charge in [0, 0.05) is 17.0 Å². The van der Waals surface area contributed by atoms with Crippen molar-refractivity contribution in [1.29, 1.82) is 0 Å². The van der Waals surface area contributed by atoms with Gasteiger partial charge in [0.15, 0.2) is 0 Å². The van der Waals surface area contributed by atoms with Crippen molar-refractivity contribution in [3.8, 4) is 11.1 Å². The summed E-state index contributed by atoms with van der Waals surface area (Å²) in [5.41, 5.74) is 6.84. The summed E-state index contributed by atoms with van der Waals surface area (Å²) in [5.74, 6) is -0.320. The lowest BCUT2D eigenvalue weighted by atomic mass is 10.1. The Balaban J connectivity index is 2.30. The summed E-state index contributed by atoms with van der Waals surface area (Å²) in [6.07, 6.45) is 2.89. The number of hydrogen-bond donors (Lipinski definition) is 1. The van der Waals surface area contributed by atoms with Crippen molar-refractivity contribution < 1.29 is 13.3 Å². The molecule has 0 aliphatic heterocycles. The molecule has 0 spiro atoms. The lowest BCUT2D eigenvalue weighted by Gasteiger charge is -2.00. The van der Waals surface area contributed by atoms with E-state index in [2.05, 4.69) is 5.16 Å². The van der Waals surface area contributed by atoms with Gasteiger partial charge in [0.05, 0.1) is 18.0 Å². The van der Waals surface area contributed by atoms with E-state index in [1.807, 2.05) is 0 Å². The number of rotatable bonds is 1. The van der Waals surface area contributed by atoms with Crippen LogP contribution in [0.25, 0.3) is 22.1 Å². The summed E-state index contributed by atoms with van der Waals surface area (Å²) in [6.45, 7) is 0. The quantitative estimate of drug-likeness (QED) is 0.682. The first-order chi connectivity index (χ1) is 7.75. The molecule has 1 aromatic carbocycles. The molecule has 0 radical (unpaired) electrons. The maximum absolute atomic E-state index is 13.8. The molecular weight excluding hydrogens is 211 g/mol. The minimum Gasteiger partial charge on any atom is -0.464 e. The van der Waals surface area contributed by atoms with E-state index >= 15 is 0 Å². The highest BCUT2D eigenvalue weighted by atomic mass is 19.1. The van der Waals surface area contributed by atoms with Gasteiger partial charge in [-0.05, 0) is 12.1 Å². The first kappa shape index (κ1) is 8.96. The Morgan fingerprint density at radius 1 is 1.25 bits per heavy atom. The number of anilines is 1. The SMILES string of the molecule is Nc1oncc1-c1cc2ccoc2cc1F.